The van der Waals surface area contributed by atoms with Crippen molar-refractivity contribution in [3.8, 4) is 0 Å². The molecular formula is C15H26N2. The van der Waals surface area contributed by atoms with E-state index in [-0.39, 0.29) is 0 Å². The van der Waals surface area contributed by atoms with Crippen LogP contribution in [-0.4, -0.2) is 24.0 Å². The van der Waals surface area contributed by atoms with Gasteiger partial charge in [-0.25, -0.2) is 0 Å². The largest absolute Gasteiger partial charge is 0.310 e. The summed E-state index contributed by atoms with van der Waals surface area (Å²) in [6.45, 7) is 13.0. The summed E-state index contributed by atoms with van der Waals surface area (Å²) in [5.74, 6) is 0. The highest BCUT2D eigenvalue weighted by atomic mass is 15.1. The Morgan fingerprint density at radius 1 is 1.12 bits per heavy atom. The Hall–Kier alpha value is -0.860. The smallest absolute Gasteiger partial charge is 0.0233 e. The lowest BCUT2D eigenvalue weighted by Crippen LogP contribution is -2.23. The summed E-state index contributed by atoms with van der Waals surface area (Å²) in [5, 5.41) is 3.46. The van der Waals surface area contributed by atoms with Gasteiger partial charge >= 0.3 is 0 Å². The average Bonchev–Trinajstić information content (AvgIpc) is 2.34. The highest BCUT2D eigenvalue weighted by Gasteiger charge is 2.02. The lowest BCUT2D eigenvalue weighted by molar-refractivity contribution is 0.296. The second-order valence-electron chi connectivity index (χ2n) is 4.82. The van der Waals surface area contributed by atoms with Crippen LogP contribution < -0.4 is 5.32 Å². The van der Waals surface area contributed by atoms with Crippen LogP contribution in [0.5, 0.6) is 0 Å². The standard InChI is InChI=1S/C15H26N2/c1-5-17(6-2)12-15-9-7-8-14(10-15)11-16-13(3)4/h7-10,13,16H,5-6,11-12H2,1-4H3. The Bertz CT molecular complexity index is 316. The zero-order valence-electron chi connectivity index (χ0n) is 11.7. The highest BCUT2D eigenvalue weighted by molar-refractivity contribution is 5.23. The Morgan fingerprint density at radius 2 is 1.76 bits per heavy atom. The molecule has 1 rings (SSSR count). The third-order valence-electron chi connectivity index (χ3n) is 3.01. The maximum absolute atomic E-state index is 3.46. The van der Waals surface area contributed by atoms with Gasteiger partial charge in [-0.3, -0.25) is 4.90 Å². The first-order chi connectivity index (χ1) is 8.15. The van der Waals surface area contributed by atoms with Gasteiger partial charge in [-0.05, 0) is 24.2 Å². The molecule has 1 aromatic carbocycles. The second kappa shape index (κ2) is 7.46. The Morgan fingerprint density at radius 3 is 2.35 bits per heavy atom. The first-order valence-electron chi connectivity index (χ1n) is 6.69. The van der Waals surface area contributed by atoms with Gasteiger partial charge in [0.25, 0.3) is 0 Å². The maximum atomic E-state index is 3.46. The molecule has 0 unspecified atom stereocenters. The average molecular weight is 234 g/mol. The van der Waals surface area contributed by atoms with E-state index in [1.807, 2.05) is 0 Å². The van der Waals surface area contributed by atoms with Crippen LogP contribution in [0.2, 0.25) is 0 Å². The van der Waals surface area contributed by atoms with Crippen LogP contribution in [-0.2, 0) is 13.1 Å². The zero-order valence-corrected chi connectivity index (χ0v) is 11.7. The van der Waals surface area contributed by atoms with Gasteiger partial charge in [-0.2, -0.15) is 0 Å². The van der Waals surface area contributed by atoms with Gasteiger partial charge in [-0.15, -0.1) is 0 Å². The van der Waals surface area contributed by atoms with Gasteiger partial charge < -0.3 is 5.32 Å². The van der Waals surface area contributed by atoms with E-state index in [4.69, 9.17) is 0 Å². The van der Waals surface area contributed by atoms with Crippen LogP contribution in [0.4, 0.5) is 0 Å². The van der Waals surface area contributed by atoms with Gasteiger partial charge in [-0.1, -0.05) is 52.0 Å². The van der Waals surface area contributed by atoms with Crippen LogP contribution in [0.1, 0.15) is 38.8 Å². The Kier molecular flexibility index (Phi) is 6.23. The molecule has 1 N–H and O–H groups in total. The number of benzene rings is 1. The van der Waals surface area contributed by atoms with Gasteiger partial charge in [0, 0.05) is 19.1 Å². The summed E-state index contributed by atoms with van der Waals surface area (Å²) >= 11 is 0. The van der Waals surface area contributed by atoms with E-state index in [1.54, 1.807) is 0 Å². The SMILES string of the molecule is CCN(CC)Cc1cccc(CNC(C)C)c1. The molecule has 0 saturated carbocycles. The van der Waals surface area contributed by atoms with E-state index in [2.05, 4.69) is 62.2 Å². The molecule has 2 nitrogen and oxygen atoms in total. The lowest BCUT2D eigenvalue weighted by Gasteiger charge is -2.18. The number of hydrogen-bond acceptors (Lipinski definition) is 2. The summed E-state index contributed by atoms with van der Waals surface area (Å²) in [4.78, 5) is 2.44. The fourth-order valence-corrected chi connectivity index (χ4v) is 1.87. The number of hydrogen-bond donors (Lipinski definition) is 1. The molecule has 0 fully saturated rings. The normalized spacial score (nSPS) is 11.4. The van der Waals surface area contributed by atoms with E-state index < -0.39 is 0 Å². The lowest BCUT2D eigenvalue weighted by atomic mass is 10.1. The Balaban J connectivity index is 2.58. The van der Waals surface area contributed by atoms with Crippen LogP contribution in [0, 0.1) is 0 Å². The summed E-state index contributed by atoms with van der Waals surface area (Å²) < 4.78 is 0. The molecule has 0 aliphatic rings. The number of nitrogens with one attached hydrogen (secondary N) is 1. The third kappa shape index (κ3) is 5.33. The molecule has 1 aromatic rings. The summed E-state index contributed by atoms with van der Waals surface area (Å²) in [6.07, 6.45) is 0. The fourth-order valence-electron chi connectivity index (χ4n) is 1.87. The molecule has 0 atom stereocenters. The summed E-state index contributed by atoms with van der Waals surface area (Å²) in [7, 11) is 0. The van der Waals surface area contributed by atoms with Crippen molar-refractivity contribution in [3.05, 3.63) is 35.4 Å². The molecule has 0 aliphatic heterocycles. The van der Waals surface area contributed by atoms with Crippen molar-refractivity contribution in [2.24, 2.45) is 0 Å². The molecule has 17 heavy (non-hydrogen) atoms. The Labute approximate surface area is 106 Å². The third-order valence-corrected chi connectivity index (χ3v) is 3.01. The van der Waals surface area contributed by atoms with Crippen molar-refractivity contribution >= 4 is 0 Å². The molecule has 0 aliphatic carbocycles. The van der Waals surface area contributed by atoms with Crippen molar-refractivity contribution in [2.45, 2.75) is 46.8 Å². The summed E-state index contributed by atoms with van der Waals surface area (Å²) in [6, 6.07) is 9.43. The molecule has 0 amide bonds. The minimum absolute atomic E-state index is 0.543. The molecule has 0 aromatic heterocycles. The maximum Gasteiger partial charge on any atom is 0.0233 e. The van der Waals surface area contributed by atoms with Crippen LogP contribution >= 0.6 is 0 Å². The van der Waals surface area contributed by atoms with Crippen LogP contribution in [0.25, 0.3) is 0 Å². The van der Waals surface area contributed by atoms with Crippen molar-refractivity contribution in [1.82, 2.24) is 10.2 Å². The highest BCUT2D eigenvalue weighted by Crippen LogP contribution is 2.08. The molecule has 0 bridgehead atoms. The van der Waals surface area contributed by atoms with Gasteiger partial charge in [0.05, 0.1) is 0 Å². The quantitative estimate of drug-likeness (QED) is 0.780. The topological polar surface area (TPSA) is 15.3 Å². The van der Waals surface area contributed by atoms with Crippen molar-refractivity contribution < 1.29 is 0 Å². The van der Waals surface area contributed by atoms with Gasteiger partial charge in [0.15, 0.2) is 0 Å². The molecular weight excluding hydrogens is 208 g/mol. The molecule has 0 spiro atoms. The molecule has 0 saturated heterocycles. The first-order valence-corrected chi connectivity index (χ1v) is 6.69. The van der Waals surface area contributed by atoms with Crippen molar-refractivity contribution in [2.75, 3.05) is 13.1 Å². The minimum atomic E-state index is 0.543. The van der Waals surface area contributed by atoms with E-state index in [0.717, 1.165) is 26.2 Å². The van der Waals surface area contributed by atoms with E-state index in [9.17, 15) is 0 Å². The minimum Gasteiger partial charge on any atom is -0.310 e. The molecule has 0 radical (unpaired) electrons. The monoisotopic (exact) mass is 234 g/mol. The second-order valence-corrected chi connectivity index (χ2v) is 4.82. The zero-order chi connectivity index (χ0) is 12.7. The molecule has 96 valence electrons. The van der Waals surface area contributed by atoms with Crippen LogP contribution in [0.3, 0.4) is 0 Å². The number of rotatable bonds is 7. The van der Waals surface area contributed by atoms with E-state index in [1.165, 1.54) is 11.1 Å². The van der Waals surface area contributed by atoms with E-state index >= 15 is 0 Å². The summed E-state index contributed by atoms with van der Waals surface area (Å²) in [5.41, 5.74) is 2.79. The number of nitrogens with zero attached hydrogens (tertiary/aromatic N) is 1. The fraction of sp³-hybridized carbons (Fsp3) is 0.600. The molecule has 0 heterocycles. The van der Waals surface area contributed by atoms with Gasteiger partial charge in [0.1, 0.15) is 0 Å². The van der Waals surface area contributed by atoms with Gasteiger partial charge in [0.2, 0.25) is 0 Å². The predicted octanol–water partition coefficient (Wildman–Crippen LogP) is 3.03. The van der Waals surface area contributed by atoms with Crippen molar-refractivity contribution in [1.29, 1.82) is 0 Å². The van der Waals surface area contributed by atoms with E-state index in [0.29, 0.717) is 6.04 Å². The first kappa shape index (κ1) is 14.2. The molecule has 2 heteroatoms. The van der Waals surface area contributed by atoms with Crippen molar-refractivity contribution in [3.63, 3.8) is 0 Å². The van der Waals surface area contributed by atoms with Crippen LogP contribution in [0.15, 0.2) is 24.3 Å². The predicted molar refractivity (Wildman–Crippen MR) is 75.0 cm³/mol.